The molecule has 1 fully saturated rings. The molecule has 6 heteroatoms. The normalized spacial score (nSPS) is 16.6. The number of hydrogen-bond donors (Lipinski definition) is 2. The molecule has 3 rings (SSSR count). The van der Waals surface area contributed by atoms with Crippen molar-refractivity contribution in [3.8, 4) is 5.88 Å². The molecule has 2 aromatic heterocycles. The predicted molar refractivity (Wildman–Crippen MR) is 78.1 cm³/mol. The second-order valence-electron chi connectivity index (χ2n) is 5.20. The van der Waals surface area contributed by atoms with E-state index in [1.807, 2.05) is 0 Å². The Morgan fingerprint density at radius 2 is 2.19 bits per heavy atom. The lowest BCUT2D eigenvalue weighted by molar-refractivity contribution is -0.131. The van der Waals surface area contributed by atoms with Crippen LogP contribution in [0.1, 0.15) is 37.8 Å². The summed E-state index contributed by atoms with van der Waals surface area (Å²) in [5, 5.41) is 16.5. The summed E-state index contributed by atoms with van der Waals surface area (Å²) >= 11 is 0. The van der Waals surface area contributed by atoms with Gasteiger partial charge in [-0.3, -0.25) is 5.10 Å². The number of aromatic nitrogens is 3. The monoisotopic (exact) mass is 287 g/mol. The first-order valence-corrected chi connectivity index (χ1v) is 7.15. The van der Waals surface area contributed by atoms with E-state index in [0.29, 0.717) is 11.6 Å². The van der Waals surface area contributed by atoms with E-state index in [1.54, 1.807) is 12.3 Å². The van der Waals surface area contributed by atoms with E-state index in [2.05, 4.69) is 15.2 Å². The van der Waals surface area contributed by atoms with Crippen LogP contribution in [-0.4, -0.2) is 32.4 Å². The van der Waals surface area contributed by atoms with Gasteiger partial charge in [0.05, 0.1) is 16.6 Å². The van der Waals surface area contributed by atoms with Gasteiger partial charge in [-0.25, -0.2) is 9.78 Å². The van der Waals surface area contributed by atoms with Gasteiger partial charge in [0, 0.05) is 12.3 Å². The standard InChI is InChI=1S/C15H17N3O3/c19-13(20)7-6-11-14-12(18-17-11)8-9-16-15(14)21-10-4-2-1-3-5-10/h6-10H,1-5H2,(H,17,18)(H,19,20)/b7-6+. The molecule has 21 heavy (non-hydrogen) atoms. The molecule has 1 aliphatic carbocycles. The van der Waals surface area contributed by atoms with Crippen LogP contribution >= 0.6 is 0 Å². The van der Waals surface area contributed by atoms with E-state index in [0.717, 1.165) is 29.8 Å². The fourth-order valence-electron chi connectivity index (χ4n) is 2.66. The van der Waals surface area contributed by atoms with E-state index in [-0.39, 0.29) is 6.10 Å². The largest absolute Gasteiger partial charge is 0.478 e. The molecule has 0 aromatic carbocycles. The van der Waals surface area contributed by atoms with Crippen molar-refractivity contribution in [2.45, 2.75) is 38.2 Å². The van der Waals surface area contributed by atoms with Gasteiger partial charge in [-0.05, 0) is 37.8 Å². The summed E-state index contributed by atoms with van der Waals surface area (Å²) < 4.78 is 6.02. The van der Waals surface area contributed by atoms with Crippen molar-refractivity contribution in [3.63, 3.8) is 0 Å². The third kappa shape index (κ3) is 3.04. The number of carboxylic acid groups (broad SMARTS) is 1. The lowest BCUT2D eigenvalue weighted by Crippen LogP contribution is -2.20. The smallest absolute Gasteiger partial charge is 0.328 e. The Labute approximate surface area is 121 Å². The highest BCUT2D eigenvalue weighted by Gasteiger charge is 2.18. The number of carboxylic acids is 1. The number of hydrogen-bond acceptors (Lipinski definition) is 4. The molecular formula is C15H17N3O3. The third-order valence-corrected chi connectivity index (χ3v) is 3.68. The number of ether oxygens (including phenoxy) is 1. The van der Waals surface area contributed by atoms with E-state index in [1.165, 1.54) is 25.3 Å². The highest BCUT2D eigenvalue weighted by molar-refractivity contribution is 5.94. The van der Waals surface area contributed by atoms with Gasteiger partial charge >= 0.3 is 5.97 Å². The number of fused-ring (bicyclic) bond motifs is 1. The van der Waals surface area contributed by atoms with Gasteiger partial charge in [0.2, 0.25) is 5.88 Å². The average Bonchev–Trinajstić information content (AvgIpc) is 2.90. The van der Waals surface area contributed by atoms with Crippen molar-refractivity contribution in [2.75, 3.05) is 0 Å². The highest BCUT2D eigenvalue weighted by Crippen LogP contribution is 2.29. The molecule has 0 atom stereocenters. The molecule has 0 unspecified atom stereocenters. The summed E-state index contributed by atoms with van der Waals surface area (Å²) in [6, 6.07) is 1.78. The first kappa shape index (κ1) is 13.6. The zero-order chi connectivity index (χ0) is 14.7. The molecule has 0 amide bonds. The number of H-pyrrole nitrogens is 1. The summed E-state index contributed by atoms with van der Waals surface area (Å²) in [7, 11) is 0. The summed E-state index contributed by atoms with van der Waals surface area (Å²) in [6.07, 6.45) is 10.1. The van der Waals surface area contributed by atoms with Crippen molar-refractivity contribution in [3.05, 3.63) is 24.0 Å². The number of rotatable bonds is 4. The van der Waals surface area contributed by atoms with Gasteiger partial charge in [0.1, 0.15) is 6.10 Å². The zero-order valence-corrected chi connectivity index (χ0v) is 11.6. The Hall–Kier alpha value is -2.37. The van der Waals surface area contributed by atoms with Crippen LogP contribution in [0.2, 0.25) is 0 Å². The quantitative estimate of drug-likeness (QED) is 0.844. The van der Waals surface area contributed by atoms with Crippen molar-refractivity contribution in [1.29, 1.82) is 0 Å². The molecule has 1 saturated carbocycles. The van der Waals surface area contributed by atoms with Crippen LogP contribution in [0.3, 0.4) is 0 Å². The zero-order valence-electron chi connectivity index (χ0n) is 11.6. The van der Waals surface area contributed by atoms with E-state index in [4.69, 9.17) is 9.84 Å². The van der Waals surface area contributed by atoms with Gasteiger partial charge in [0.25, 0.3) is 0 Å². The molecule has 0 radical (unpaired) electrons. The Morgan fingerprint density at radius 3 is 2.95 bits per heavy atom. The van der Waals surface area contributed by atoms with E-state index in [9.17, 15) is 4.79 Å². The highest BCUT2D eigenvalue weighted by atomic mass is 16.5. The second kappa shape index (κ2) is 5.95. The molecule has 0 aliphatic heterocycles. The van der Waals surface area contributed by atoms with E-state index < -0.39 is 5.97 Å². The lowest BCUT2D eigenvalue weighted by atomic mass is 9.98. The van der Waals surface area contributed by atoms with Crippen molar-refractivity contribution >= 4 is 22.9 Å². The Bertz CT molecular complexity index is 672. The van der Waals surface area contributed by atoms with Crippen LogP contribution in [0.5, 0.6) is 5.88 Å². The SMILES string of the molecule is O=C(O)/C=C/c1[nH]nc2ccnc(OC3CCCCC3)c12. The second-order valence-corrected chi connectivity index (χ2v) is 5.20. The Morgan fingerprint density at radius 1 is 1.38 bits per heavy atom. The van der Waals surface area contributed by atoms with Crippen molar-refractivity contribution < 1.29 is 14.6 Å². The Balaban J connectivity index is 1.93. The molecule has 1 aliphatic rings. The molecule has 2 N–H and O–H groups in total. The number of nitrogens with zero attached hydrogens (tertiary/aromatic N) is 2. The molecule has 0 bridgehead atoms. The average molecular weight is 287 g/mol. The van der Waals surface area contributed by atoms with Crippen LogP contribution in [0.4, 0.5) is 0 Å². The molecule has 0 spiro atoms. The summed E-state index contributed by atoms with van der Waals surface area (Å²) in [5.74, 6) is -0.477. The van der Waals surface area contributed by atoms with Gasteiger partial charge in [0.15, 0.2) is 0 Å². The molecular weight excluding hydrogens is 270 g/mol. The summed E-state index contributed by atoms with van der Waals surface area (Å²) in [6.45, 7) is 0. The maximum atomic E-state index is 10.7. The first-order valence-electron chi connectivity index (χ1n) is 7.15. The third-order valence-electron chi connectivity index (χ3n) is 3.68. The van der Waals surface area contributed by atoms with Crippen LogP contribution in [0.15, 0.2) is 18.3 Å². The van der Waals surface area contributed by atoms with Crippen LogP contribution in [0, 0.1) is 0 Å². The number of carbonyl (C=O) groups is 1. The minimum absolute atomic E-state index is 0.183. The van der Waals surface area contributed by atoms with Crippen LogP contribution < -0.4 is 4.74 Å². The molecule has 2 heterocycles. The van der Waals surface area contributed by atoms with Gasteiger partial charge < -0.3 is 9.84 Å². The van der Waals surface area contributed by atoms with Crippen molar-refractivity contribution in [2.24, 2.45) is 0 Å². The minimum atomic E-state index is -1.00. The van der Waals surface area contributed by atoms with Gasteiger partial charge in [-0.1, -0.05) is 6.42 Å². The van der Waals surface area contributed by atoms with Gasteiger partial charge in [-0.2, -0.15) is 5.10 Å². The molecule has 0 saturated heterocycles. The minimum Gasteiger partial charge on any atom is -0.478 e. The maximum absolute atomic E-state index is 10.7. The maximum Gasteiger partial charge on any atom is 0.328 e. The molecule has 2 aromatic rings. The number of aromatic amines is 1. The van der Waals surface area contributed by atoms with Crippen molar-refractivity contribution in [1.82, 2.24) is 15.2 Å². The van der Waals surface area contributed by atoms with Crippen LogP contribution in [0.25, 0.3) is 17.0 Å². The van der Waals surface area contributed by atoms with Crippen LogP contribution in [-0.2, 0) is 4.79 Å². The number of pyridine rings is 1. The molecule has 110 valence electrons. The van der Waals surface area contributed by atoms with E-state index >= 15 is 0 Å². The predicted octanol–water partition coefficient (Wildman–Crippen LogP) is 2.77. The fourth-order valence-corrected chi connectivity index (χ4v) is 2.66. The summed E-state index contributed by atoms with van der Waals surface area (Å²) in [4.78, 5) is 15.0. The Kier molecular flexibility index (Phi) is 3.85. The van der Waals surface area contributed by atoms with Gasteiger partial charge in [-0.15, -0.1) is 0 Å². The lowest BCUT2D eigenvalue weighted by Gasteiger charge is -2.22. The first-order chi connectivity index (χ1) is 10.2. The topological polar surface area (TPSA) is 88.1 Å². The fraction of sp³-hybridized carbons (Fsp3) is 0.400. The summed E-state index contributed by atoms with van der Waals surface area (Å²) in [5.41, 5.74) is 1.33. The number of nitrogens with one attached hydrogen (secondary N) is 1. The number of aliphatic carboxylic acids is 1. The molecule has 6 nitrogen and oxygen atoms in total.